The van der Waals surface area contributed by atoms with E-state index in [1.54, 1.807) is 0 Å². The van der Waals surface area contributed by atoms with Gasteiger partial charge in [0.15, 0.2) is 0 Å². The van der Waals surface area contributed by atoms with Crippen LogP contribution in [0.1, 0.15) is 6.42 Å². The molecule has 1 fully saturated rings. The lowest BCUT2D eigenvalue weighted by Gasteiger charge is -2.21. The fourth-order valence-electron chi connectivity index (χ4n) is 2.17. The third kappa shape index (κ3) is 2.84. The van der Waals surface area contributed by atoms with Crippen LogP contribution < -0.4 is 10.5 Å². The third-order valence-corrected chi connectivity index (χ3v) is 5.55. The predicted molar refractivity (Wildman–Crippen MR) is 75.9 cm³/mol. The largest absolute Gasteiger partial charge is 0.495 e. The lowest BCUT2D eigenvalue weighted by Crippen LogP contribution is -2.50. The van der Waals surface area contributed by atoms with Gasteiger partial charge in [0.2, 0.25) is 10.0 Å². The summed E-state index contributed by atoms with van der Waals surface area (Å²) < 4.78 is 31.3. The number of hydrogen-bond acceptors (Lipinski definition) is 5. The van der Waals surface area contributed by atoms with Crippen LogP contribution in [0.15, 0.2) is 23.1 Å². The molecule has 1 aromatic rings. The third-order valence-electron chi connectivity index (χ3n) is 3.44. The summed E-state index contributed by atoms with van der Waals surface area (Å²) in [5.41, 5.74) is 4.14. The fourth-order valence-corrected chi connectivity index (χ4v) is 3.98. The molecule has 1 unspecified atom stereocenters. The van der Waals surface area contributed by atoms with Crippen molar-refractivity contribution in [2.75, 3.05) is 20.2 Å². The average molecular weight is 335 g/mol. The van der Waals surface area contributed by atoms with Crippen molar-refractivity contribution in [2.45, 2.75) is 16.9 Å². The van der Waals surface area contributed by atoms with Gasteiger partial charge in [0, 0.05) is 24.2 Å². The number of nitrogens with zero attached hydrogens (tertiary/aromatic N) is 1. The highest BCUT2D eigenvalue weighted by atomic mass is 35.5. The number of carboxylic acids is 1. The van der Waals surface area contributed by atoms with E-state index >= 15 is 0 Å². The number of hydrogen-bond donors (Lipinski definition) is 2. The van der Waals surface area contributed by atoms with Gasteiger partial charge in [-0.1, -0.05) is 11.6 Å². The van der Waals surface area contributed by atoms with Crippen LogP contribution in [0.4, 0.5) is 0 Å². The quantitative estimate of drug-likeness (QED) is 0.831. The summed E-state index contributed by atoms with van der Waals surface area (Å²) in [6, 6.07) is 4.14. The van der Waals surface area contributed by atoms with Crippen molar-refractivity contribution < 1.29 is 23.1 Å². The number of halogens is 1. The standard InChI is InChI=1S/C12H15ClN2O5S/c1-20-9-6-8(13)2-3-10(9)21(18,19)15-5-4-12(14,7-15)11(16)17/h2-3,6H,4-5,7,14H2,1H3,(H,16,17). The topological polar surface area (TPSA) is 110 Å². The summed E-state index contributed by atoms with van der Waals surface area (Å²) in [5, 5.41) is 9.41. The molecule has 1 aliphatic heterocycles. The molecular formula is C12H15ClN2O5S. The Bertz CT molecular complexity index is 678. The molecule has 1 atom stereocenters. The smallest absolute Gasteiger partial charge is 0.325 e. The molecule has 0 aliphatic carbocycles. The summed E-state index contributed by atoms with van der Waals surface area (Å²) in [6.45, 7) is -0.243. The second-order valence-electron chi connectivity index (χ2n) is 4.85. The first-order valence-electron chi connectivity index (χ1n) is 6.07. The number of aliphatic carboxylic acids is 1. The van der Waals surface area contributed by atoms with E-state index in [1.807, 2.05) is 0 Å². The van der Waals surface area contributed by atoms with E-state index in [4.69, 9.17) is 27.2 Å². The Morgan fingerprint density at radius 2 is 2.19 bits per heavy atom. The molecule has 116 valence electrons. The first kappa shape index (κ1) is 16.0. The maximum Gasteiger partial charge on any atom is 0.325 e. The monoisotopic (exact) mass is 334 g/mol. The Labute approximate surface area is 127 Å². The van der Waals surface area contributed by atoms with Crippen molar-refractivity contribution in [3.63, 3.8) is 0 Å². The van der Waals surface area contributed by atoms with E-state index < -0.39 is 21.5 Å². The van der Waals surface area contributed by atoms with Gasteiger partial charge < -0.3 is 15.6 Å². The first-order chi connectivity index (χ1) is 9.70. The molecule has 1 heterocycles. The number of nitrogens with two attached hydrogens (primary N) is 1. The normalized spacial score (nSPS) is 23.2. The zero-order valence-corrected chi connectivity index (χ0v) is 12.8. The van der Waals surface area contributed by atoms with Gasteiger partial charge in [-0.2, -0.15) is 4.31 Å². The van der Waals surface area contributed by atoms with Crippen molar-refractivity contribution in [1.82, 2.24) is 4.31 Å². The van der Waals surface area contributed by atoms with Gasteiger partial charge in [0.1, 0.15) is 16.2 Å². The molecule has 1 aromatic carbocycles. The molecule has 0 spiro atoms. The second kappa shape index (κ2) is 5.45. The van der Waals surface area contributed by atoms with Gasteiger partial charge in [-0.15, -0.1) is 0 Å². The molecule has 7 nitrogen and oxygen atoms in total. The Hall–Kier alpha value is -1.35. The highest BCUT2D eigenvalue weighted by Gasteiger charge is 2.46. The van der Waals surface area contributed by atoms with Crippen LogP contribution in [0, 0.1) is 0 Å². The molecule has 9 heteroatoms. The number of sulfonamides is 1. The zero-order valence-electron chi connectivity index (χ0n) is 11.2. The van der Waals surface area contributed by atoms with Gasteiger partial charge in [-0.25, -0.2) is 8.42 Å². The highest BCUT2D eigenvalue weighted by molar-refractivity contribution is 7.89. The van der Waals surface area contributed by atoms with Crippen LogP contribution in [0.5, 0.6) is 5.75 Å². The predicted octanol–water partition coefficient (Wildman–Crippen LogP) is 0.525. The highest BCUT2D eigenvalue weighted by Crippen LogP contribution is 2.32. The average Bonchev–Trinajstić information content (AvgIpc) is 2.83. The van der Waals surface area contributed by atoms with Crippen molar-refractivity contribution in [3.05, 3.63) is 23.2 Å². The first-order valence-corrected chi connectivity index (χ1v) is 7.88. The van der Waals surface area contributed by atoms with E-state index in [1.165, 1.54) is 25.3 Å². The van der Waals surface area contributed by atoms with Crippen LogP contribution in [-0.4, -0.2) is 49.5 Å². The summed E-state index contributed by atoms with van der Waals surface area (Å²) in [5.74, 6) is -1.12. The molecule has 3 N–H and O–H groups in total. The lowest BCUT2D eigenvalue weighted by molar-refractivity contribution is -0.142. The SMILES string of the molecule is COc1cc(Cl)ccc1S(=O)(=O)N1CCC(N)(C(=O)O)C1. The minimum Gasteiger partial charge on any atom is -0.495 e. The minimum atomic E-state index is -3.90. The lowest BCUT2D eigenvalue weighted by atomic mass is 10.0. The summed E-state index contributed by atoms with van der Waals surface area (Å²) in [6.07, 6.45) is 0.0530. The van der Waals surface area contributed by atoms with Crippen molar-refractivity contribution in [3.8, 4) is 5.75 Å². The second-order valence-corrected chi connectivity index (χ2v) is 7.19. The Morgan fingerprint density at radius 3 is 2.71 bits per heavy atom. The van der Waals surface area contributed by atoms with E-state index in [9.17, 15) is 13.2 Å². The van der Waals surface area contributed by atoms with Gasteiger partial charge in [-0.05, 0) is 18.6 Å². The fraction of sp³-hybridized carbons (Fsp3) is 0.417. The molecule has 21 heavy (non-hydrogen) atoms. The summed E-state index contributed by atoms with van der Waals surface area (Å²) in [4.78, 5) is 11.0. The molecule has 0 amide bonds. The van der Waals surface area contributed by atoms with Gasteiger partial charge in [-0.3, -0.25) is 4.79 Å². The summed E-state index contributed by atoms with van der Waals surface area (Å²) >= 11 is 5.81. The number of carboxylic acid groups (broad SMARTS) is 1. The maximum atomic E-state index is 12.6. The minimum absolute atomic E-state index is 0.0386. The number of rotatable bonds is 4. The Morgan fingerprint density at radius 1 is 1.52 bits per heavy atom. The Balaban J connectivity index is 2.38. The molecule has 0 bridgehead atoms. The molecule has 1 aliphatic rings. The Kier molecular flexibility index (Phi) is 4.16. The van der Waals surface area contributed by atoms with Crippen LogP contribution >= 0.6 is 11.6 Å². The molecule has 0 radical (unpaired) electrons. The van der Waals surface area contributed by atoms with E-state index in [0.717, 1.165) is 4.31 Å². The van der Waals surface area contributed by atoms with E-state index in [-0.39, 0.29) is 30.2 Å². The van der Waals surface area contributed by atoms with E-state index in [0.29, 0.717) is 5.02 Å². The number of carbonyl (C=O) groups is 1. The number of methoxy groups -OCH3 is 1. The summed E-state index contributed by atoms with van der Waals surface area (Å²) in [7, 11) is -2.56. The van der Waals surface area contributed by atoms with E-state index in [2.05, 4.69) is 0 Å². The van der Waals surface area contributed by atoms with Crippen LogP contribution in [-0.2, 0) is 14.8 Å². The van der Waals surface area contributed by atoms with Gasteiger partial charge in [0.05, 0.1) is 7.11 Å². The van der Waals surface area contributed by atoms with Gasteiger partial charge in [0.25, 0.3) is 0 Å². The van der Waals surface area contributed by atoms with Crippen LogP contribution in [0.3, 0.4) is 0 Å². The van der Waals surface area contributed by atoms with Crippen LogP contribution in [0.25, 0.3) is 0 Å². The van der Waals surface area contributed by atoms with Crippen molar-refractivity contribution in [2.24, 2.45) is 5.73 Å². The van der Waals surface area contributed by atoms with Gasteiger partial charge >= 0.3 is 5.97 Å². The van der Waals surface area contributed by atoms with Crippen LogP contribution in [0.2, 0.25) is 5.02 Å². The molecule has 2 rings (SSSR count). The number of ether oxygens (including phenoxy) is 1. The van der Waals surface area contributed by atoms with Crippen molar-refractivity contribution >= 4 is 27.6 Å². The molecule has 0 saturated carbocycles. The van der Waals surface area contributed by atoms with Crippen molar-refractivity contribution in [1.29, 1.82) is 0 Å². The zero-order chi connectivity index (χ0) is 15.8. The molecule has 0 aromatic heterocycles. The molecule has 1 saturated heterocycles. The number of benzene rings is 1. The maximum absolute atomic E-state index is 12.6. The molecular weight excluding hydrogens is 320 g/mol.